The molecule has 5 heteroatoms. The number of benzene rings is 1. The van der Waals surface area contributed by atoms with Crippen LogP contribution < -0.4 is 5.32 Å². The number of carbonyl (C=O) groups is 1. The van der Waals surface area contributed by atoms with Gasteiger partial charge in [0.2, 0.25) is 0 Å². The van der Waals surface area contributed by atoms with Crippen LogP contribution in [0.4, 0.5) is 4.79 Å². The van der Waals surface area contributed by atoms with Gasteiger partial charge in [-0.3, -0.25) is 4.90 Å². The second kappa shape index (κ2) is 7.11. The maximum atomic E-state index is 12.2. The number of hydrogen-bond acceptors (Lipinski definition) is 4. The molecule has 0 unspecified atom stereocenters. The van der Waals surface area contributed by atoms with Gasteiger partial charge < -0.3 is 15.0 Å². The molecule has 1 N–H and O–H groups in total. The Kier molecular flexibility index (Phi) is 4.95. The summed E-state index contributed by atoms with van der Waals surface area (Å²) in [7, 11) is 0. The molecule has 0 saturated carbocycles. The van der Waals surface area contributed by atoms with Crippen molar-refractivity contribution in [3.05, 3.63) is 35.9 Å². The zero-order valence-electron chi connectivity index (χ0n) is 13.2. The Morgan fingerprint density at radius 1 is 1.27 bits per heavy atom. The number of piperazine rings is 1. The molecule has 1 aromatic carbocycles. The third-order valence-electron chi connectivity index (χ3n) is 4.59. The molecular weight excluding hydrogens is 278 g/mol. The van der Waals surface area contributed by atoms with Crippen molar-refractivity contribution in [2.75, 3.05) is 39.3 Å². The predicted molar refractivity (Wildman–Crippen MR) is 85.6 cm³/mol. The Morgan fingerprint density at radius 3 is 2.68 bits per heavy atom. The van der Waals surface area contributed by atoms with Gasteiger partial charge >= 0.3 is 6.09 Å². The van der Waals surface area contributed by atoms with Gasteiger partial charge in [-0.15, -0.1) is 0 Å². The van der Waals surface area contributed by atoms with Crippen molar-refractivity contribution in [3.63, 3.8) is 0 Å². The minimum atomic E-state index is -0.194. The summed E-state index contributed by atoms with van der Waals surface area (Å²) in [6.07, 6.45) is -0.194. The molecule has 0 radical (unpaired) electrons. The molecule has 2 heterocycles. The minimum absolute atomic E-state index is 0.194. The first-order chi connectivity index (χ1) is 10.7. The molecular formula is C17H25N3O2. The summed E-state index contributed by atoms with van der Waals surface area (Å²) in [5.41, 5.74) is 1.03. The third kappa shape index (κ3) is 3.78. The number of ether oxygens (including phenoxy) is 1. The first kappa shape index (κ1) is 15.3. The van der Waals surface area contributed by atoms with Gasteiger partial charge in [-0.2, -0.15) is 0 Å². The summed E-state index contributed by atoms with van der Waals surface area (Å²) in [6.45, 7) is 8.41. The van der Waals surface area contributed by atoms with E-state index in [0.29, 0.717) is 12.6 Å². The average molecular weight is 303 g/mol. The van der Waals surface area contributed by atoms with Crippen molar-refractivity contribution < 1.29 is 9.53 Å². The Labute approximate surface area is 132 Å². The number of amides is 1. The molecule has 0 spiro atoms. The lowest BCUT2D eigenvalue weighted by Crippen LogP contribution is -2.57. The third-order valence-corrected chi connectivity index (χ3v) is 4.59. The highest BCUT2D eigenvalue weighted by Gasteiger charge is 2.30. The Morgan fingerprint density at radius 2 is 2.05 bits per heavy atom. The van der Waals surface area contributed by atoms with Crippen molar-refractivity contribution >= 4 is 6.09 Å². The molecule has 1 atom stereocenters. The monoisotopic (exact) mass is 303 g/mol. The van der Waals surface area contributed by atoms with E-state index in [9.17, 15) is 4.79 Å². The summed E-state index contributed by atoms with van der Waals surface area (Å²) >= 11 is 0. The van der Waals surface area contributed by atoms with Crippen LogP contribution in [-0.4, -0.2) is 61.2 Å². The van der Waals surface area contributed by atoms with Crippen LogP contribution in [0.1, 0.15) is 12.5 Å². The lowest BCUT2D eigenvalue weighted by Gasteiger charge is -2.42. The number of nitrogens with one attached hydrogen (secondary N) is 1. The SMILES string of the molecule is C[C@H]1CN(C(=O)OCc2ccccc2)CCN1CC1CNC1. The summed E-state index contributed by atoms with van der Waals surface area (Å²) in [6, 6.07) is 10.2. The molecule has 2 fully saturated rings. The van der Waals surface area contributed by atoms with Crippen molar-refractivity contribution in [1.82, 2.24) is 15.1 Å². The van der Waals surface area contributed by atoms with Gasteiger partial charge in [0.15, 0.2) is 0 Å². The van der Waals surface area contributed by atoms with E-state index in [1.807, 2.05) is 35.2 Å². The number of carbonyl (C=O) groups excluding carboxylic acids is 1. The van der Waals surface area contributed by atoms with Crippen LogP contribution >= 0.6 is 0 Å². The summed E-state index contributed by atoms with van der Waals surface area (Å²) < 4.78 is 5.42. The fourth-order valence-corrected chi connectivity index (χ4v) is 3.05. The van der Waals surface area contributed by atoms with Crippen LogP contribution in [0.2, 0.25) is 0 Å². The maximum Gasteiger partial charge on any atom is 0.410 e. The molecule has 2 aliphatic heterocycles. The highest BCUT2D eigenvalue weighted by Crippen LogP contribution is 2.15. The molecule has 5 nitrogen and oxygen atoms in total. The van der Waals surface area contributed by atoms with E-state index >= 15 is 0 Å². The van der Waals surface area contributed by atoms with Gasteiger partial charge in [0.05, 0.1) is 0 Å². The zero-order valence-corrected chi connectivity index (χ0v) is 13.2. The molecule has 0 aromatic heterocycles. The van der Waals surface area contributed by atoms with Gasteiger partial charge in [-0.25, -0.2) is 4.79 Å². The Balaban J connectivity index is 1.44. The number of nitrogens with zero attached hydrogens (tertiary/aromatic N) is 2. The van der Waals surface area contributed by atoms with Crippen LogP contribution in [0, 0.1) is 5.92 Å². The lowest BCUT2D eigenvalue weighted by molar-refractivity contribution is 0.0418. The Bertz CT molecular complexity index is 490. The van der Waals surface area contributed by atoms with E-state index in [1.165, 1.54) is 0 Å². The van der Waals surface area contributed by atoms with Crippen molar-refractivity contribution in [2.45, 2.75) is 19.6 Å². The second-order valence-electron chi connectivity index (χ2n) is 6.35. The summed E-state index contributed by atoms with van der Waals surface area (Å²) in [4.78, 5) is 16.5. The summed E-state index contributed by atoms with van der Waals surface area (Å²) in [5, 5.41) is 3.31. The minimum Gasteiger partial charge on any atom is -0.445 e. The molecule has 0 aliphatic carbocycles. The van der Waals surface area contributed by atoms with E-state index in [-0.39, 0.29) is 6.09 Å². The van der Waals surface area contributed by atoms with Gasteiger partial charge in [0.1, 0.15) is 6.61 Å². The van der Waals surface area contributed by atoms with Crippen LogP contribution in [0.5, 0.6) is 0 Å². The quantitative estimate of drug-likeness (QED) is 0.916. The van der Waals surface area contributed by atoms with E-state index in [0.717, 1.165) is 50.7 Å². The standard InChI is InChI=1S/C17H25N3O2/c1-14-11-20(8-7-19(14)12-16-9-18-10-16)17(21)22-13-15-5-3-2-4-6-15/h2-6,14,16,18H,7-13H2,1H3/t14-/m0/s1. The van der Waals surface area contributed by atoms with Crippen LogP contribution in [0.25, 0.3) is 0 Å². The van der Waals surface area contributed by atoms with E-state index in [1.54, 1.807) is 0 Å². The van der Waals surface area contributed by atoms with E-state index in [2.05, 4.69) is 17.1 Å². The predicted octanol–water partition coefficient (Wildman–Crippen LogP) is 1.55. The maximum absolute atomic E-state index is 12.2. The molecule has 1 aromatic rings. The van der Waals surface area contributed by atoms with Gasteiger partial charge in [-0.1, -0.05) is 30.3 Å². The summed E-state index contributed by atoms with van der Waals surface area (Å²) in [5.74, 6) is 0.777. The first-order valence-electron chi connectivity index (χ1n) is 8.13. The first-order valence-corrected chi connectivity index (χ1v) is 8.13. The molecule has 2 aliphatic rings. The zero-order chi connectivity index (χ0) is 15.4. The van der Waals surface area contributed by atoms with E-state index < -0.39 is 0 Å². The highest BCUT2D eigenvalue weighted by molar-refractivity contribution is 5.67. The van der Waals surface area contributed by atoms with Crippen LogP contribution in [-0.2, 0) is 11.3 Å². The second-order valence-corrected chi connectivity index (χ2v) is 6.35. The molecule has 1 amide bonds. The number of rotatable bonds is 4. The fourth-order valence-electron chi connectivity index (χ4n) is 3.05. The fraction of sp³-hybridized carbons (Fsp3) is 0.588. The van der Waals surface area contributed by atoms with Crippen molar-refractivity contribution in [3.8, 4) is 0 Å². The van der Waals surface area contributed by atoms with Gasteiger partial charge in [0, 0.05) is 45.3 Å². The van der Waals surface area contributed by atoms with Crippen molar-refractivity contribution in [2.24, 2.45) is 5.92 Å². The topological polar surface area (TPSA) is 44.8 Å². The van der Waals surface area contributed by atoms with Gasteiger partial charge in [-0.05, 0) is 18.4 Å². The average Bonchev–Trinajstić information content (AvgIpc) is 2.50. The lowest BCUT2D eigenvalue weighted by atomic mass is 10.0. The molecule has 2 saturated heterocycles. The van der Waals surface area contributed by atoms with Gasteiger partial charge in [0.25, 0.3) is 0 Å². The molecule has 22 heavy (non-hydrogen) atoms. The normalized spacial score (nSPS) is 23.1. The Hall–Kier alpha value is -1.59. The van der Waals surface area contributed by atoms with Crippen molar-refractivity contribution in [1.29, 1.82) is 0 Å². The molecule has 120 valence electrons. The molecule has 3 rings (SSSR count). The smallest absolute Gasteiger partial charge is 0.410 e. The molecule has 0 bridgehead atoms. The van der Waals surface area contributed by atoms with E-state index in [4.69, 9.17) is 4.74 Å². The number of hydrogen-bond donors (Lipinski definition) is 1. The van der Waals surface area contributed by atoms with Crippen LogP contribution in [0.15, 0.2) is 30.3 Å². The highest BCUT2D eigenvalue weighted by atomic mass is 16.6. The van der Waals surface area contributed by atoms with Crippen LogP contribution in [0.3, 0.4) is 0 Å². The largest absolute Gasteiger partial charge is 0.445 e.